The molecule has 30 heavy (non-hydrogen) atoms. The second kappa shape index (κ2) is 8.85. The van der Waals surface area contributed by atoms with E-state index in [0.29, 0.717) is 24.2 Å². The van der Waals surface area contributed by atoms with Crippen LogP contribution >= 0.6 is 0 Å². The van der Waals surface area contributed by atoms with E-state index >= 15 is 0 Å². The highest BCUT2D eigenvalue weighted by Gasteiger charge is 2.34. The quantitative estimate of drug-likeness (QED) is 0.801. The lowest BCUT2D eigenvalue weighted by Crippen LogP contribution is -2.40. The third-order valence-corrected chi connectivity index (χ3v) is 7.92. The molecule has 0 radical (unpaired) electrons. The number of hydrogen-bond donors (Lipinski definition) is 1. The van der Waals surface area contributed by atoms with Crippen molar-refractivity contribution in [2.24, 2.45) is 0 Å². The lowest BCUT2D eigenvalue weighted by atomic mass is 9.93. The van der Waals surface area contributed by atoms with Crippen molar-refractivity contribution in [3.63, 3.8) is 0 Å². The number of nitrogens with zero attached hydrogens (tertiary/aromatic N) is 3. The molecule has 0 spiro atoms. The summed E-state index contributed by atoms with van der Waals surface area (Å²) in [6.07, 6.45) is 7.31. The van der Waals surface area contributed by atoms with Gasteiger partial charge < -0.3 is 4.90 Å². The van der Waals surface area contributed by atoms with Gasteiger partial charge in [0.25, 0.3) is 5.91 Å². The number of carbonyl (C=O) groups is 1. The van der Waals surface area contributed by atoms with Gasteiger partial charge in [-0.05, 0) is 49.9 Å². The van der Waals surface area contributed by atoms with Crippen molar-refractivity contribution < 1.29 is 17.6 Å². The number of benzene rings is 1. The molecule has 2 fully saturated rings. The molecule has 2 aromatic rings. The highest BCUT2D eigenvalue weighted by atomic mass is 32.2. The van der Waals surface area contributed by atoms with Gasteiger partial charge >= 0.3 is 0 Å². The number of carbonyl (C=O) groups excluding carboxylic acids is 1. The maximum Gasteiger partial charge on any atom is 0.257 e. The van der Waals surface area contributed by atoms with E-state index in [1.807, 2.05) is 4.90 Å². The monoisotopic (exact) mass is 434 g/mol. The van der Waals surface area contributed by atoms with Gasteiger partial charge in [-0.25, -0.2) is 12.8 Å². The molecule has 0 unspecified atom stereocenters. The average Bonchev–Trinajstić information content (AvgIpc) is 3.09. The first-order chi connectivity index (χ1) is 14.5. The number of aromatic amines is 1. The molecule has 4 rings (SSSR count). The molecule has 0 bridgehead atoms. The van der Waals surface area contributed by atoms with Gasteiger partial charge in [0.05, 0.1) is 22.3 Å². The number of nitrogens with one attached hydrogen (secondary N) is 1. The van der Waals surface area contributed by atoms with E-state index in [1.54, 1.807) is 6.20 Å². The zero-order valence-corrected chi connectivity index (χ0v) is 17.7. The maximum absolute atomic E-state index is 13.2. The van der Waals surface area contributed by atoms with Crippen molar-refractivity contribution in [3.8, 4) is 0 Å². The number of sulfonamides is 1. The summed E-state index contributed by atoms with van der Waals surface area (Å²) in [6, 6.07) is 4.89. The fourth-order valence-electron chi connectivity index (χ4n) is 4.37. The molecule has 1 aromatic carbocycles. The van der Waals surface area contributed by atoms with Crippen LogP contribution in [0.5, 0.6) is 0 Å². The largest absolute Gasteiger partial charge is 0.339 e. The lowest BCUT2D eigenvalue weighted by Gasteiger charge is -2.32. The molecular formula is C21H27FN4O3S. The summed E-state index contributed by atoms with van der Waals surface area (Å²) in [5, 5.41) is 7.07. The molecular weight excluding hydrogens is 407 g/mol. The lowest BCUT2D eigenvalue weighted by molar-refractivity contribution is 0.0759. The summed E-state index contributed by atoms with van der Waals surface area (Å²) in [5.74, 6) is -0.638. The second-order valence-electron chi connectivity index (χ2n) is 8.06. The Bertz CT molecular complexity index is 982. The van der Waals surface area contributed by atoms with E-state index in [2.05, 4.69) is 10.2 Å². The van der Waals surface area contributed by atoms with Crippen molar-refractivity contribution >= 4 is 15.9 Å². The molecule has 0 aliphatic carbocycles. The molecule has 162 valence electrons. The first-order valence-corrected chi connectivity index (χ1v) is 12.0. The van der Waals surface area contributed by atoms with E-state index in [4.69, 9.17) is 0 Å². The van der Waals surface area contributed by atoms with Gasteiger partial charge in [-0.1, -0.05) is 12.8 Å². The van der Waals surface area contributed by atoms with E-state index in [1.165, 1.54) is 16.4 Å². The van der Waals surface area contributed by atoms with Crippen molar-refractivity contribution in [2.45, 2.75) is 49.3 Å². The molecule has 2 saturated heterocycles. The standard InChI is InChI=1S/C21H27FN4O3S/c22-17-7-9-18(10-8-17)30(28,29)26-13-5-6-16(15-26)20-19(14-23-24-20)21(27)25-11-3-1-2-4-12-25/h7-10,14,16H,1-6,11-13,15H2,(H,23,24)/t16-/m0/s1. The molecule has 2 aliphatic rings. The number of H-pyrrole nitrogens is 1. The second-order valence-corrected chi connectivity index (χ2v) is 10.00. The predicted octanol–water partition coefficient (Wildman–Crippen LogP) is 3.13. The van der Waals surface area contributed by atoms with E-state index in [9.17, 15) is 17.6 Å². The zero-order valence-electron chi connectivity index (χ0n) is 16.9. The third-order valence-electron chi connectivity index (χ3n) is 6.04. The molecule has 2 aliphatic heterocycles. The molecule has 9 heteroatoms. The van der Waals surface area contributed by atoms with Crippen LogP contribution in [0.25, 0.3) is 0 Å². The number of piperidine rings is 1. The molecule has 1 atom stereocenters. The Labute approximate surface area is 176 Å². The molecule has 3 heterocycles. The smallest absolute Gasteiger partial charge is 0.257 e. The highest BCUT2D eigenvalue weighted by Crippen LogP contribution is 2.31. The van der Waals surface area contributed by atoms with Crippen LogP contribution in [0.2, 0.25) is 0 Å². The maximum atomic E-state index is 13.2. The first kappa shape index (κ1) is 21.0. The summed E-state index contributed by atoms with van der Waals surface area (Å²) in [5.41, 5.74) is 1.26. The number of amides is 1. The molecule has 1 aromatic heterocycles. The Morgan fingerprint density at radius 2 is 1.73 bits per heavy atom. The van der Waals surface area contributed by atoms with E-state index in [-0.39, 0.29) is 23.3 Å². The zero-order chi connectivity index (χ0) is 21.1. The first-order valence-electron chi connectivity index (χ1n) is 10.5. The molecule has 7 nitrogen and oxygen atoms in total. The number of rotatable bonds is 4. The van der Waals surface area contributed by atoms with Crippen molar-refractivity contribution in [3.05, 3.63) is 47.5 Å². The summed E-state index contributed by atoms with van der Waals surface area (Å²) >= 11 is 0. The minimum atomic E-state index is -3.72. The van der Waals surface area contributed by atoms with Crippen LogP contribution in [0, 0.1) is 5.82 Å². The van der Waals surface area contributed by atoms with Gasteiger partial charge in [0.2, 0.25) is 10.0 Å². The van der Waals surface area contributed by atoms with Crippen LogP contribution in [-0.2, 0) is 10.0 Å². The molecule has 1 N–H and O–H groups in total. The number of likely N-dealkylation sites (tertiary alicyclic amines) is 1. The molecule has 0 saturated carbocycles. The van der Waals surface area contributed by atoms with Gasteiger partial charge in [-0.15, -0.1) is 0 Å². The number of halogens is 1. The Kier molecular flexibility index (Phi) is 6.19. The fraction of sp³-hybridized carbons (Fsp3) is 0.524. The number of hydrogen-bond acceptors (Lipinski definition) is 4. The van der Waals surface area contributed by atoms with Crippen LogP contribution in [0.4, 0.5) is 4.39 Å². The summed E-state index contributed by atoms with van der Waals surface area (Å²) in [6.45, 7) is 2.17. The topological polar surface area (TPSA) is 86.4 Å². The van der Waals surface area contributed by atoms with Gasteiger partial charge in [0, 0.05) is 32.1 Å². The van der Waals surface area contributed by atoms with Crippen LogP contribution in [-0.4, -0.2) is 59.9 Å². The summed E-state index contributed by atoms with van der Waals surface area (Å²) < 4.78 is 40.7. The van der Waals surface area contributed by atoms with E-state index in [0.717, 1.165) is 57.3 Å². The van der Waals surface area contributed by atoms with Gasteiger partial charge in [-0.2, -0.15) is 9.40 Å². The average molecular weight is 435 g/mol. The Balaban J connectivity index is 1.54. The predicted molar refractivity (Wildman–Crippen MR) is 110 cm³/mol. The highest BCUT2D eigenvalue weighted by molar-refractivity contribution is 7.89. The van der Waals surface area contributed by atoms with Gasteiger partial charge in [0.15, 0.2) is 0 Å². The third kappa shape index (κ3) is 4.27. The van der Waals surface area contributed by atoms with Crippen LogP contribution in [0.1, 0.15) is 60.5 Å². The molecule has 1 amide bonds. The van der Waals surface area contributed by atoms with Crippen LogP contribution in [0.15, 0.2) is 35.4 Å². The Hall–Kier alpha value is -2.26. The van der Waals surface area contributed by atoms with Crippen molar-refractivity contribution in [2.75, 3.05) is 26.2 Å². The number of aromatic nitrogens is 2. The summed E-state index contributed by atoms with van der Waals surface area (Å²) in [7, 11) is -3.72. The SMILES string of the molecule is O=C(c1cn[nH]c1[C@H]1CCCN(S(=O)(=O)c2ccc(F)cc2)C1)N1CCCCCC1. The Morgan fingerprint density at radius 1 is 1.03 bits per heavy atom. The van der Waals surface area contributed by atoms with Crippen LogP contribution < -0.4 is 0 Å². The minimum absolute atomic E-state index is 0.0286. The normalized spacial score (nSPS) is 21.4. The van der Waals surface area contributed by atoms with Gasteiger partial charge in [0.1, 0.15) is 5.82 Å². The van der Waals surface area contributed by atoms with E-state index < -0.39 is 15.8 Å². The summed E-state index contributed by atoms with van der Waals surface area (Å²) in [4.78, 5) is 15.1. The van der Waals surface area contributed by atoms with Gasteiger partial charge in [-0.3, -0.25) is 9.89 Å². The van der Waals surface area contributed by atoms with Crippen molar-refractivity contribution in [1.29, 1.82) is 0 Å². The van der Waals surface area contributed by atoms with Crippen LogP contribution in [0.3, 0.4) is 0 Å². The Morgan fingerprint density at radius 3 is 2.43 bits per heavy atom. The minimum Gasteiger partial charge on any atom is -0.339 e. The van der Waals surface area contributed by atoms with Crippen molar-refractivity contribution in [1.82, 2.24) is 19.4 Å². The fourth-order valence-corrected chi connectivity index (χ4v) is 5.90.